The van der Waals surface area contributed by atoms with Gasteiger partial charge < -0.3 is 5.32 Å². The van der Waals surface area contributed by atoms with Crippen molar-refractivity contribution in [3.63, 3.8) is 0 Å². The second kappa shape index (κ2) is 6.26. The molecule has 0 heterocycles. The lowest BCUT2D eigenvalue weighted by molar-refractivity contribution is -0.137. The lowest BCUT2D eigenvalue weighted by Crippen LogP contribution is -2.21. The van der Waals surface area contributed by atoms with Gasteiger partial charge in [-0.05, 0) is 30.3 Å². The molecular formula is C13H13BrF3N. The number of hydrogen-bond donors (Lipinski definition) is 1. The molecule has 0 saturated carbocycles. The Kier molecular flexibility index (Phi) is 5.24. The average molecular weight is 320 g/mol. The van der Waals surface area contributed by atoms with E-state index in [9.17, 15) is 13.2 Å². The van der Waals surface area contributed by atoms with Gasteiger partial charge in [-0.2, -0.15) is 13.2 Å². The Morgan fingerprint density at radius 3 is 2.61 bits per heavy atom. The van der Waals surface area contributed by atoms with Crippen LogP contribution in [0.25, 0.3) is 0 Å². The fraction of sp³-hybridized carbons (Fsp3) is 0.385. The largest absolute Gasteiger partial charge is 0.416 e. The molecule has 1 N–H and O–H groups in total. The Labute approximate surface area is 113 Å². The summed E-state index contributed by atoms with van der Waals surface area (Å²) < 4.78 is 38.6. The summed E-state index contributed by atoms with van der Waals surface area (Å²) >= 11 is 3.26. The van der Waals surface area contributed by atoms with Crippen molar-refractivity contribution in [2.24, 2.45) is 0 Å². The molecule has 0 aliphatic carbocycles. The molecule has 0 amide bonds. The third-order valence-electron chi connectivity index (χ3n) is 2.47. The van der Waals surface area contributed by atoms with Crippen molar-refractivity contribution in [2.75, 3.05) is 6.54 Å². The third-order valence-corrected chi connectivity index (χ3v) is 3.19. The fourth-order valence-corrected chi connectivity index (χ4v) is 2.17. The lowest BCUT2D eigenvalue weighted by Gasteiger charge is -2.19. The minimum Gasteiger partial charge on any atom is -0.309 e. The summed E-state index contributed by atoms with van der Waals surface area (Å²) in [5.74, 6) is 2.47. The van der Waals surface area contributed by atoms with Crippen LogP contribution in [0, 0.1) is 12.3 Å². The Morgan fingerprint density at radius 2 is 2.11 bits per heavy atom. The van der Waals surface area contributed by atoms with Gasteiger partial charge in [0.25, 0.3) is 0 Å². The number of alkyl halides is 3. The van der Waals surface area contributed by atoms with E-state index < -0.39 is 11.7 Å². The van der Waals surface area contributed by atoms with Crippen LogP contribution in [0.3, 0.4) is 0 Å². The summed E-state index contributed by atoms with van der Waals surface area (Å²) in [5, 5.41) is 3.08. The Balaban J connectivity index is 3.17. The number of hydrogen-bond acceptors (Lipinski definition) is 1. The Bertz CT molecular complexity index is 449. The standard InChI is InChI=1S/C13H13BrF3N/c1-3-5-12(18-4-2)10-8-9(13(15,16)17)6-7-11(10)14/h1,6-8,12,18H,4-5H2,2H3. The molecule has 1 rings (SSSR count). The first-order chi connectivity index (χ1) is 8.40. The molecule has 1 atom stereocenters. The first kappa shape index (κ1) is 15.1. The number of halogens is 4. The van der Waals surface area contributed by atoms with E-state index in [1.54, 1.807) is 0 Å². The average Bonchev–Trinajstić information content (AvgIpc) is 2.28. The predicted octanol–water partition coefficient (Wildman–Crippen LogP) is 4.14. The molecule has 0 aliphatic heterocycles. The molecule has 0 bridgehead atoms. The van der Waals surface area contributed by atoms with Crippen LogP contribution in [0.15, 0.2) is 22.7 Å². The first-order valence-electron chi connectivity index (χ1n) is 5.43. The first-order valence-corrected chi connectivity index (χ1v) is 6.23. The topological polar surface area (TPSA) is 12.0 Å². The molecule has 0 saturated heterocycles. The highest BCUT2D eigenvalue weighted by Gasteiger charge is 2.31. The molecule has 98 valence electrons. The second-order valence-corrected chi connectivity index (χ2v) is 4.61. The van der Waals surface area contributed by atoms with E-state index >= 15 is 0 Å². The van der Waals surface area contributed by atoms with Gasteiger partial charge in [0.05, 0.1) is 5.56 Å². The molecule has 1 aromatic carbocycles. The summed E-state index contributed by atoms with van der Waals surface area (Å²) in [5.41, 5.74) is -0.134. The SMILES string of the molecule is C#CCC(NCC)c1cc(C(F)(F)F)ccc1Br. The van der Waals surface area contributed by atoms with Crippen molar-refractivity contribution in [3.05, 3.63) is 33.8 Å². The molecule has 1 nitrogen and oxygen atoms in total. The van der Waals surface area contributed by atoms with Gasteiger partial charge in [-0.1, -0.05) is 22.9 Å². The molecule has 0 radical (unpaired) electrons. The highest BCUT2D eigenvalue weighted by Crippen LogP contribution is 2.34. The number of benzene rings is 1. The fourth-order valence-electron chi connectivity index (χ4n) is 1.64. The van der Waals surface area contributed by atoms with Crippen molar-refractivity contribution in [3.8, 4) is 12.3 Å². The van der Waals surface area contributed by atoms with E-state index in [0.29, 0.717) is 23.0 Å². The van der Waals surface area contributed by atoms with Crippen LogP contribution in [0.1, 0.15) is 30.5 Å². The van der Waals surface area contributed by atoms with Crippen LogP contribution in [-0.2, 0) is 6.18 Å². The quantitative estimate of drug-likeness (QED) is 0.822. The monoisotopic (exact) mass is 319 g/mol. The summed E-state index contributed by atoms with van der Waals surface area (Å²) in [6.45, 7) is 2.51. The van der Waals surface area contributed by atoms with Gasteiger partial charge in [-0.25, -0.2) is 0 Å². The highest BCUT2D eigenvalue weighted by molar-refractivity contribution is 9.10. The molecule has 0 aromatic heterocycles. The van der Waals surface area contributed by atoms with E-state index in [-0.39, 0.29) is 6.04 Å². The zero-order chi connectivity index (χ0) is 13.8. The molecular weight excluding hydrogens is 307 g/mol. The maximum Gasteiger partial charge on any atom is 0.416 e. The van der Waals surface area contributed by atoms with Crippen molar-refractivity contribution in [2.45, 2.75) is 25.6 Å². The van der Waals surface area contributed by atoms with Gasteiger partial charge in [0.1, 0.15) is 0 Å². The summed E-state index contributed by atoms with van der Waals surface area (Å²) in [6.07, 6.45) is 1.24. The van der Waals surface area contributed by atoms with Gasteiger partial charge >= 0.3 is 6.18 Å². The zero-order valence-electron chi connectivity index (χ0n) is 9.81. The van der Waals surface area contributed by atoms with Crippen LogP contribution in [-0.4, -0.2) is 6.54 Å². The number of terminal acetylenes is 1. The van der Waals surface area contributed by atoms with Crippen LogP contribution >= 0.6 is 15.9 Å². The predicted molar refractivity (Wildman–Crippen MR) is 69.0 cm³/mol. The van der Waals surface area contributed by atoms with E-state index in [0.717, 1.165) is 12.1 Å². The molecule has 0 aliphatic rings. The lowest BCUT2D eigenvalue weighted by atomic mass is 10.0. The van der Waals surface area contributed by atoms with Crippen LogP contribution in [0.5, 0.6) is 0 Å². The Hall–Kier alpha value is -0.990. The number of rotatable bonds is 4. The van der Waals surface area contributed by atoms with E-state index in [1.165, 1.54) is 6.07 Å². The van der Waals surface area contributed by atoms with Crippen LogP contribution in [0.4, 0.5) is 13.2 Å². The minimum atomic E-state index is -4.34. The van der Waals surface area contributed by atoms with Crippen LogP contribution < -0.4 is 5.32 Å². The number of nitrogens with one attached hydrogen (secondary N) is 1. The normalized spacial score (nSPS) is 13.1. The van der Waals surface area contributed by atoms with E-state index in [1.807, 2.05) is 6.92 Å². The van der Waals surface area contributed by atoms with Crippen molar-refractivity contribution >= 4 is 15.9 Å². The molecule has 0 spiro atoms. The maximum atomic E-state index is 12.7. The minimum absolute atomic E-state index is 0.281. The van der Waals surface area contributed by atoms with E-state index in [2.05, 4.69) is 27.2 Å². The Morgan fingerprint density at radius 1 is 1.44 bits per heavy atom. The van der Waals surface area contributed by atoms with Gasteiger partial charge in [-0.15, -0.1) is 12.3 Å². The summed E-state index contributed by atoms with van der Waals surface area (Å²) in [4.78, 5) is 0. The maximum absolute atomic E-state index is 12.7. The van der Waals surface area contributed by atoms with Crippen molar-refractivity contribution in [1.29, 1.82) is 0 Å². The van der Waals surface area contributed by atoms with Gasteiger partial charge in [-0.3, -0.25) is 0 Å². The van der Waals surface area contributed by atoms with Gasteiger partial charge in [0, 0.05) is 16.9 Å². The molecule has 1 aromatic rings. The second-order valence-electron chi connectivity index (χ2n) is 3.75. The third kappa shape index (κ3) is 3.76. The summed E-state index contributed by atoms with van der Waals surface area (Å²) in [6, 6.07) is 3.30. The molecule has 18 heavy (non-hydrogen) atoms. The van der Waals surface area contributed by atoms with Crippen molar-refractivity contribution < 1.29 is 13.2 Å². The van der Waals surface area contributed by atoms with Gasteiger partial charge in [0.15, 0.2) is 0 Å². The highest BCUT2D eigenvalue weighted by atomic mass is 79.9. The molecule has 5 heteroatoms. The van der Waals surface area contributed by atoms with Gasteiger partial charge in [0.2, 0.25) is 0 Å². The van der Waals surface area contributed by atoms with Crippen LogP contribution in [0.2, 0.25) is 0 Å². The molecule has 0 fully saturated rings. The summed E-state index contributed by atoms with van der Waals surface area (Å²) in [7, 11) is 0. The zero-order valence-corrected chi connectivity index (χ0v) is 11.4. The smallest absolute Gasteiger partial charge is 0.309 e. The van der Waals surface area contributed by atoms with Crippen molar-refractivity contribution in [1.82, 2.24) is 5.32 Å². The molecule has 1 unspecified atom stereocenters. The van der Waals surface area contributed by atoms with E-state index in [4.69, 9.17) is 6.42 Å².